The zero-order valence-corrected chi connectivity index (χ0v) is 36.1. The summed E-state index contributed by atoms with van der Waals surface area (Å²) in [7, 11) is 3.68. The minimum atomic E-state index is -1.83. The standard InChI is InChI=1S/C43H65N5O10/c1-12-32-43(9)39(48(40(53)58-43)19-14-13-18-47-23-30(45-24-47)29-16-15-17-44-22-29)41(6,7)35(51)25(2)21-42(8,54)36(27(4)33(49)28(5)37(52)56-32)57-38-34(50)31(46(10)11)20-26(3)55-38/h15-17,22-28,31-32,34,36,38-39,50,54H,12-14,18-21H2,1-11H3/t25-,26?,27?,28?,31?,32-,34-,36-,38?,39-,42-,43-/m1/s1. The monoisotopic (exact) mass is 811 g/mol. The highest BCUT2D eigenvalue weighted by Crippen LogP contribution is 2.47. The van der Waals surface area contributed by atoms with Crippen molar-refractivity contribution in [2.45, 2.75) is 155 Å². The van der Waals surface area contributed by atoms with E-state index in [-0.39, 0.29) is 37.3 Å². The Hall–Kier alpha value is -3.76. The molecule has 2 aromatic rings. The lowest BCUT2D eigenvalue weighted by atomic mass is 9.66. The number of imidazole rings is 1. The van der Waals surface area contributed by atoms with Crippen LogP contribution in [0.1, 0.15) is 94.4 Å². The number of aromatic nitrogens is 3. The number of carbonyl (C=O) groups is 4. The largest absolute Gasteiger partial charge is 0.458 e. The number of esters is 1. The van der Waals surface area contributed by atoms with Gasteiger partial charge in [-0.2, -0.15) is 0 Å². The number of carbonyl (C=O) groups excluding carboxylic acids is 4. The van der Waals surface area contributed by atoms with Gasteiger partial charge in [-0.1, -0.05) is 34.6 Å². The maximum atomic E-state index is 14.9. The van der Waals surface area contributed by atoms with Crippen LogP contribution in [0.4, 0.5) is 4.79 Å². The Morgan fingerprint density at radius 3 is 2.36 bits per heavy atom. The SMILES string of the molecule is CC[C@H]1OC(=O)C(C)C(=O)C(C)[C@@H](OC2OC(C)CC(N(C)C)[C@H]2O)[C@](C)(O)C[C@@H](C)C(=O)C(C)(C)[C@H]2N(CCCCn3cnc(-c4cccnc4)c3)C(=O)O[C@@]21C. The van der Waals surface area contributed by atoms with Crippen LogP contribution < -0.4 is 0 Å². The van der Waals surface area contributed by atoms with Gasteiger partial charge in [0.25, 0.3) is 0 Å². The van der Waals surface area contributed by atoms with Gasteiger partial charge < -0.3 is 43.5 Å². The Morgan fingerprint density at radius 2 is 1.72 bits per heavy atom. The van der Waals surface area contributed by atoms with Crippen LogP contribution in [-0.2, 0) is 39.9 Å². The normalized spacial score (nSPS) is 36.3. The summed E-state index contributed by atoms with van der Waals surface area (Å²) < 4.78 is 26.7. The third kappa shape index (κ3) is 9.18. The van der Waals surface area contributed by atoms with Crippen LogP contribution in [0, 0.1) is 23.2 Å². The Labute approximate surface area is 342 Å². The van der Waals surface area contributed by atoms with E-state index in [2.05, 4.69) is 9.97 Å². The zero-order chi connectivity index (χ0) is 42.9. The predicted octanol–water partition coefficient (Wildman–Crippen LogP) is 4.67. The smallest absolute Gasteiger partial charge is 0.410 e. The molecule has 0 radical (unpaired) electrons. The molecule has 0 spiro atoms. The van der Waals surface area contributed by atoms with Gasteiger partial charge in [-0.05, 0) is 86.0 Å². The summed E-state index contributed by atoms with van der Waals surface area (Å²) in [5.74, 6) is -4.82. The molecule has 58 heavy (non-hydrogen) atoms. The van der Waals surface area contributed by atoms with Crippen LogP contribution in [0.25, 0.3) is 11.3 Å². The van der Waals surface area contributed by atoms with Crippen molar-refractivity contribution in [2.24, 2.45) is 23.2 Å². The van der Waals surface area contributed by atoms with Crippen molar-refractivity contribution in [3.05, 3.63) is 37.1 Å². The summed E-state index contributed by atoms with van der Waals surface area (Å²) in [6.07, 6.45) is 3.51. The highest BCUT2D eigenvalue weighted by Gasteiger charge is 2.64. The first-order valence-electron chi connectivity index (χ1n) is 20.7. The van der Waals surface area contributed by atoms with Crippen molar-refractivity contribution in [3.8, 4) is 11.3 Å². The molecule has 5 heterocycles. The number of aliphatic hydroxyl groups excluding tert-OH is 1. The second kappa shape index (κ2) is 17.8. The van der Waals surface area contributed by atoms with Gasteiger partial charge in [-0.15, -0.1) is 0 Å². The number of hydrogen-bond donors (Lipinski definition) is 2. The van der Waals surface area contributed by atoms with E-state index in [1.54, 1.807) is 65.2 Å². The number of aliphatic hydroxyl groups is 2. The summed E-state index contributed by atoms with van der Waals surface area (Å²) in [6, 6.07) is 2.59. The molecule has 0 bridgehead atoms. The Morgan fingerprint density at radius 1 is 1.03 bits per heavy atom. The van der Waals surface area contributed by atoms with Gasteiger partial charge in [-0.3, -0.25) is 19.4 Å². The molecule has 2 N–H and O–H groups in total. The number of ketones is 2. The molecule has 5 unspecified atom stereocenters. The molecule has 15 heteroatoms. The van der Waals surface area contributed by atoms with Gasteiger partial charge in [0.05, 0.1) is 35.9 Å². The van der Waals surface area contributed by atoms with Gasteiger partial charge in [0.2, 0.25) is 0 Å². The van der Waals surface area contributed by atoms with E-state index < -0.39 is 82.9 Å². The van der Waals surface area contributed by atoms with E-state index in [1.165, 1.54) is 13.8 Å². The van der Waals surface area contributed by atoms with Crippen molar-refractivity contribution in [1.29, 1.82) is 0 Å². The van der Waals surface area contributed by atoms with Crippen LogP contribution in [0.3, 0.4) is 0 Å². The third-order valence-corrected chi connectivity index (χ3v) is 12.7. The van der Waals surface area contributed by atoms with E-state index in [0.717, 1.165) is 11.3 Å². The third-order valence-electron chi connectivity index (χ3n) is 12.7. The van der Waals surface area contributed by atoms with Crippen LogP contribution in [0.2, 0.25) is 0 Å². The second-order valence-electron chi connectivity index (χ2n) is 18.0. The quantitative estimate of drug-likeness (QED) is 0.192. The van der Waals surface area contributed by atoms with Gasteiger partial charge in [0, 0.05) is 60.5 Å². The molecule has 2 aromatic heterocycles. The molecule has 12 atom stereocenters. The van der Waals surface area contributed by atoms with E-state index in [9.17, 15) is 29.4 Å². The molecule has 3 fully saturated rings. The molecule has 5 rings (SSSR count). The number of Topliss-reactive ketones (excluding diaryl/α,β-unsaturated/α-hetero) is 2. The van der Waals surface area contributed by atoms with Crippen molar-refractivity contribution >= 4 is 23.6 Å². The fourth-order valence-corrected chi connectivity index (χ4v) is 9.72. The highest BCUT2D eigenvalue weighted by molar-refractivity contribution is 6.00. The summed E-state index contributed by atoms with van der Waals surface area (Å²) in [6.45, 7) is 16.0. The Kier molecular flexibility index (Phi) is 13.9. The molecule has 0 saturated carbocycles. The van der Waals surface area contributed by atoms with Crippen molar-refractivity contribution < 1.29 is 48.3 Å². The number of aryl methyl sites for hydroxylation is 1. The average molecular weight is 812 g/mol. The molecule has 3 aliphatic heterocycles. The lowest BCUT2D eigenvalue weighted by Crippen LogP contribution is -2.62. The van der Waals surface area contributed by atoms with Crippen LogP contribution in [-0.4, -0.2) is 133 Å². The molecule has 3 saturated heterocycles. The maximum Gasteiger partial charge on any atom is 0.410 e. The molecular weight excluding hydrogens is 746 g/mol. The molecule has 1 amide bonds. The number of ether oxygens (including phenoxy) is 4. The molecule has 322 valence electrons. The number of pyridine rings is 1. The summed E-state index contributed by atoms with van der Waals surface area (Å²) in [5.41, 5.74) is -2.86. The Balaban J connectivity index is 1.44. The number of amides is 1. The highest BCUT2D eigenvalue weighted by atomic mass is 16.7. The molecule has 15 nitrogen and oxygen atoms in total. The average Bonchev–Trinajstić information content (AvgIpc) is 3.75. The fraction of sp³-hybridized carbons (Fsp3) is 0.721. The van der Waals surface area contributed by atoms with Gasteiger partial charge in [0.15, 0.2) is 17.7 Å². The first-order valence-corrected chi connectivity index (χ1v) is 20.7. The maximum absolute atomic E-state index is 14.9. The van der Waals surface area contributed by atoms with E-state index in [0.29, 0.717) is 25.8 Å². The molecule has 0 aliphatic carbocycles. The number of nitrogens with zero attached hydrogens (tertiary/aromatic N) is 5. The van der Waals surface area contributed by atoms with E-state index in [1.807, 2.05) is 48.8 Å². The number of unbranched alkanes of at least 4 members (excludes halogenated alkanes) is 1. The molecule has 3 aliphatic rings. The number of rotatable bonds is 10. The van der Waals surface area contributed by atoms with Gasteiger partial charge in [0.1, 0.15) is 23.9 Å². The number of likely N-dealkylation sites (N-methyl/N-ethyl adjacent to an activating group) is 1. The van der Waals surface area contributed by atoms with Gasteiger partial charge in [-0.25, -0.2) is 9.78 Å². The van der Waals surface area contributed by atoms with E-state index in [4.69, 9.17) is 18.9 Å². The van der Waals surface area contributed by atoms with Crippen molar-refractivity contribution in [3.63, 3.8) is 0 Å². The number of cyclic esters (lactones) is 1. The van der Waals surface area contributed by atoms with Crippen LogP contribution >= 0.6 is 0 Å². The second-order valence-corrected chi connectivity index (χ2v) is 18.0. The lowest BCUT2D eigenvalue weighted by molar-refractivity contribution is -0.293. The van der Waals surface area contributed by atoms with Crippen LogP contribution in [0.5, 0.6) is 0 Å². The Bertz CT molecular complexity index is 1770. The zero-order valence-electron chi connectivity index (χ0n) is 36.1. The van der Waals surface area contributed by atoms with Crippen LogP contribution in [0.15, 0.2) is 37.1 Å². The fourth-order valence-electron chi connectivity index (χ4n) is 9.72. The minimum Gasteiger partial charge on any atom is -0.458 e. The summed E-state index contributed by atoms with van der Waals surface area (Å²) in [5, 5.41) is 23.7. The molecular formula is C43H65N5O10. The number of fused-ring (bicyclic) bond motifs is 1. The topological polar surface area (TPSA) is 183 Å². The molecule has 0 aromatic carbocycles. The summed E-state index contributed by atoms with van der Waals surface area (Å²) >= 11 is 0. The van der Waals surface area contributed by atoms with Gasteiger partial charge >= 0.3 is 12.1 Å². The van der Waals surface area contributed by atoms with Crippen molar-refractivity contribution in [1.82, 2.24) is 24.3 Å². The minimum absolute atomic E-state index is 0.132. The predicted molar refractivity (Wildman–Crippen MR) is 214 cm³/mol. The number of hydrogen-bond acceptors (Lipinski definition) is 13. The first kappa shape index (κ1) is 45.3. The van der Waals surface area contributed by atoms with Crippen molar-refractivity contribution in [2.75, 3.05) is 20.6 Å². The first-order chi connectivity index (χ1) is 27.1. The summed E-state index contributed by atoms with van der Waals surface area (Å²) in [4.78, 5) is 69.0. The lowest BCUT2D eigenvalue weighted by Gasteiger charge is -2.47. The van der Waals surface area contributed by atoms with E-state index >= 15 is 0 Å².